The highest BCUT2D eigenvalue weighted by molar-refractivity contribution is 6.05. The number of carbonyl (C=O) groups is 3. The lowest BCUT2D eigenvalue weighted by Crippen LogP contribution is -2.34. The first-order valence-corrected chi connectivity index (χ1v) is 8.38. The van der Waals surface area contributed by atoms with E-state index in [0.29, 0.717) is 18.8 Å². The molecule has 7 nitrogen and oxygen atoms in total. The van der Waals surface area contributed by atoms with E-state index < -0.39 is 0 Å². The lowest BCUT2D eigenvalue weighted by atomic mass is 9.85. The van der Waals surface area contributed by atoms with E-state index in [1.807, 2.05) is 36.4 Å². The predicted molar refractivity (Wildman–Crippen MR) is 91.4 cm³/mol. The van der Waals surface area contributed by atoms with Crippen molar-refractivity contribution in [1.29, 1.82) is 0 Å². The number of imidazole rings is 1. The number of benzene rings is 1. The average Bonchev–Trinajstić information content (AvgIpc) is 3.13. The van der Waals surface area contributed by atoms with Crippen LogP contribution in [-0.4, -0.2) is 39.1 Å². The van der Waals surface area contributed by atoms with Gasteiger partial charge in [-0.15, -0.1) is 0 Å². The maximum Gasteiger partial charge on any atom is 0.233 e. The summed E-state index contributed by atoms with van der Waals surface area (Å²) in [6.07, 6.45) is 5.17. The minimum absolute atomic E-state index is 0.0569. The first-order valence-electron chi connectivity index (χ1n) is 8.38. The number of aromatic amines is 1. The van der Waals surface area contributed by atoms with Gasteiger partial charge in [-0.05, 0) is 25.0 Å². The van der Waals surface area contributed by atoms with Crippen LogP contribution in [0.3, 0.4) is 0 Å². The fourth-order valence-corrected chi connectivity index (χ4v) is 3.51. The third kappa shape index (κ3) is 2.82. The number of carbonyl (C=O) groups excluding carboxylic acids is 3. The fraction of sp³-hybridized carbons (Fsp3) is 0.333. The summed E-state index contributed by atoms with van der Waals surface area (Å²) in [5.41, 5.74) is 1.60. The van der Waals surface area contributed by atoms with Crippen molar-refractivity contribution in [3.8, 4) is 0 Å². The number of amides is 3. The Morgan fingerprint density at radius 2 is 1.84 bits per heavy atom. The van der Waals surface area contributed by atoms with Crippen LogP contribution in [0.25, 0.3) is 11.0 Å². The van der Waals surface area contributed by atoms with Crippen LogP contribution in [0.2, 0.25) is 0 Å². The summed E-state index contributed by atoms with van der Waals surface area (Å²) in [5.74, 6) is -0.741. The molecule has 128 valence electrons. The van der Waals surface area contributed by atoms with E-state index in [2.05, 4.69) is 15.3 Å². The Bertz CT molecular complexity index is 826. The highest BCUT2D eigenvalue weighted by atomic mass is 16.2. The summed E-state index contributed by atoms with van der Waals surface area (Å²) in [7, 11) is 0. The number of H-pyrrole nitrogens is 1. The van der Waals surface area contributed by atoms with Crippen molar-refractivity contribution < 1.29 is 14.4 Å². The summed E-state index contributed by atoms with van der Waals surface area (Å²) in [4.78, 5) is 45.4. The average molecular weight is 338 g/mol. The molecule has 1 saturated heterocycles. The van der Waals surface area contributed by atoms with Gasteiger partial charge in [0, 0.05) is 13.0 Å². The second-order valence-electron chi connectivity index (χ2n) is 6.38. The molecule has 2 aromatic rings. The number of nitrogens with zero attached hydrogens (tertiary/aromatic N) is 2. The number of aromatic nitrogens is 2. The Balaban J connectivity index is 1.37. The zero-order valence-electron chi connectivity index (χ0n) is 13.6. The normalized spacial score (nSPS) is 22.5. The summed E-state index contributed by atoms with van der Waals surface area (Å²) < 4.78 is 0. The topological polar surface area (TPSA) is 95.2 Å². The van der Waals surface area contributed by atoms with Gasteiger partial charge in [0.05, 0.1) is 22.9 Å². The fourth-order valence-electron chi connectivity index (χ4n) is 3.51. The van der Waals surface area contributed by atoms with Gasteiger partial charge in [0.1, 0.15) is 0 Å². The first-order chi connectivity index (χ1) is 12.1. The van der Waals surface area contributed by atoms with Crippen LogP contribution in [0, 0.1) is 11.8 Å². The molecule has 1 fully saturated rings. The summed E-state index contributed by atoms with van der Waals surface area (Å²) in [5, 5.41) is 2.68. The molecule has 0 saturated carbocycles. The summed E-state index contributed by atoms with van der Waals surface area (Å²) >= 11 is 0. The molecule has 1 aliphatic heterocycles. The van der Waals surface area contributed by atoms with Crippen LogP contribution >= 0.6 is 0 Å². The maximum atomic E-state index is 12.4. The molecule has 2 aliphatic rings. The zero-order chi connectivity index (χ0) is 17.4. The van der Waals surface area contributed by atoms with Crippen molar-refractivity contribution in [2.45, 2.75) is 19.3 Å². The lowest BCUT2D eigenvalue weighted by Gasteiger charge is -2.14. The van der Waals surface area contributed by atoms with Gasteiger partial charge in [-0.25, -0.2) is 4.98 Å². The number of anilines is 1. The molecule has 2 unspecified atom stereocenters. The molecule has 4 rings (SSSR count). The number of likely N-dealkylation sites (tertiary alicyclic amines) is 1. The molecule has 2 N–H and O–H groups in total. The van der Waals surface area contributed by atoms with Crippen molar-refractivity contribution in [1.82, 2.24) is 14.9 Å². The summed E-state index contributed by atoms with van der Waals surface area (Å²) in [6.45, 7) is 0.108. The zero-order valence-corrected chi connectivity index (χ0v) is 13.6. The van der Waals surface area contributed by atoms with Gasteiger partial charge in [-0.2, -0.15) is 0 Å². The Morgan fingerprint density at radius 1 is 1.16 bits per heavy atom. The molecule has 25 heavy (non-hydrogen) atoms. The second kappa shape index (κ2) is 6.16. The molecule has 1 aliphatic carbocycles. The van der Waals surface area contributed by atoms with Gasteiger partial charge >= 0.3 is 0 Å². The molecular formula is C18H18N4O3. The Kier molecular flexibility index (Phi) is 3.83. The number of para-hydroxylation sites is 2. The van der Waals surface area contributed by atoms with Gasteiger partial charge in [0.25, 0.3) is 0 Å². The van der Waals surface area contributed by atoms with Gasteiger partial charge in [0.2, 0.25) is 23.7 Å². The van der Waals surface area contributed by atoms with Crippen LogP contribution in [0.15, 0.2) is 36.4 Å². The Hall–Kier alpha value is -2.96. The number of fused-ring (bicyclic) bond motifs is 2. The highest BCUT2D eigenvalue weighted by Crippen LogP contribution is 2.35. The van der Waals surface area contributed by atoms with Crippen LogP contribution < -0.4 is 5.32 Å². The number of nitrogens with one attached hydrogen (secondary N) is 2. The van der Waals surface area contributed by atoms with Crippen LogP contribution in [0.5, 0.6) is 0 Å². The predicted octanol–water partition coefficient (Wildman–Crippen LogP) is 1.84. The Morgan fingerprint density at radius 3 is 2.52 bits per heavy atom. The van der Waals surface area contributed by atoms with E-state index in [9.17, 15) is 14.4 Å². The number of rotatable bonds is 4. The molecule has 2 atom stereocenters. The number of hydrogen-bond donors (Lipinski definition) is 2. The molecule has 0 spiro atoms. The monoisotopic (exact) mass is 338 g/mol. The number of hydrogen-bond acceptors (Lipinski definition) is 4. The third-order valence-corrected chi connectivity index (χ3v) is 4.81. The molecular weight excluding hydrogens is 320 g/mol. The Labute approximate surface area is 144 Å². The summed E-state index contributed by atoms with van der Waals surface area (Å²) in [6, 6.07) is 7.47. The standard InChI is InChI=1S/C18H18N4O3/c23-15(21-18-19-13-7-3-4-8-14(13)20-18)9-10-22-16(24)11-5-1-2-6-12(11)17(22)25/h1-4,7-8,11-12H,5-6,9-10H2,(H2,19,20,21,23). The van der Waals surface area contributed by atoms with E-state index in [0.717, 1.165) is 11.0 Å². The van der Waals surface area contributed by atoms with E-state index in [4.69, 9.17) is 0 Å². The molecule has 1 aromatic heterocycles. The SMILES string of the molecule is O=C(CCN1C(=O)C2CC=CCC2C1=O)Nc1nc2ccccc2[nH]1. The smallest absolute Gasteiger partial charge is 0.233 e. The molecule has 0 radical (unpaired) electrons. The van der Waals surface area contributed by atoms with E-state index >= 15 is 0 Å². The number of imide groups is 1. The van der Waals surface area contributed by atoms with Crippen LogP contribution in [-0.2, 0) is 14.4 Å². The number of allylic oxidation sites excluding steroid dienone is 2. The van der Waals surface area contributed by atoms with Crippen molar-refractivity contribution >= 4 is 34.7 Å². The van der Waals surface area contributed by atoms with Gasteiger partial charge in [0.15, 0.2) is 0 Å². The molecule has 3 amide bonds. The molecule has 0 bridgehead atoms. The minimum Gasteiger partial charge on any atom is -0.324 e. The van der Waals surface area contributed by atoms with E-state index in [1.165, 1.54) is 4.90 Å². The van der Waals surface area contributed by atoms with Crippen molar-refractivity contribution in [2.75, 3.05) is 11.9 Å². The van der Waals surface area contributed by atoms with Gasteiger partial charge in [-0.3, -0.25) is 24.6 Å². The highest BCUT2D eigenvalue weighted by Gasteiger charge is 2.46. The molecule has 7 heteroatoms. The van der Waals surface area contributed by atoms with E-state index in [1.54, 1.807) is 0 Å². The van der Waals surface area contributed by atoms with Crippen molar-refractivity contribution in [3.63, 3.8) is 0 Å². The maximum absolute atomic E-state index is 12.4. The largest absolute Gasteiger partial charge is 0.324 e. The second-order valence-corrected chi connectivity index (χ2v) is 6.38. The van der Waals surface area contributed by atoms with Gasteiger partial charge < -0.3 is 4.98 Å². The third-order valence-electron chi connectivity index (χ3n) is 4.81. The van der Waals surface area contributed by atoms with E-state index in [-0.39, 0.29) is 42.5 Å². The minimum atomic E-state index is -0.285. The van der Waals surface area contributed by atoms with Crippen molar-refractivity contribution in [2.24, 2.45) is 11.8 Å². The molecule has 2 heterocycles. The quantitative estimate of drug-likeness (QED) is 0.657. The molecule has 1 aromatic carbocycles. The van der Waals surface area contributed by atoms with Crippen LogP contribution in [0.4, 0.5) is 5.95 Å². The first kappa shape index (κ1) is 15.6. The van der Waals surface area contributed by atoms with Crippen LogP contribution in [0.1, 0.15) is 19.3 Å². The van der Waals surface area contributed by atoms with Gasteiger partial charge in [-0.1, -0.05) is 24.3 Å². The van der Waals surface area contributed by atoms with Crippen molar-refractivity contribution in [3.05, 3.63) is 36.4 Å². The lowest BCUT2D eigenvalue weighted by molar-refractivity contribution is -0.140.